The van der Waals surface area contributed by atoms with Crippen molar-refractivity contribution in [2.45, 2.75) is 52.0 Å². The van der Waals surface area contributed by atoms with Gasteiger partial charge in [-0.3, -0.25) is 9.88 Å². The number of ether oxygens (including phenoxy) is 2. The zero-order chi connectivity index (χ0) is 16.5. The molecule has 2 N–H and O–H groups in total. The van der Waals surface area contributed by atoms with Gasteiger partial charge in [0.1, 0.15) is 0 Å². The van der Waals surface area contributed by atoms with E-state index >= 15 is 0 Å². The van der Waals surface area contributed by atoms with E-state index in [0.29, 0.717) is 13.2 Å². The van der Waals surface area contributed by atoms with E-state index in [4.69, 9.17) is 15.2 Å². The van der Waals surface area contributed by atoms with Crippen molar-refractivity contribution in [3.05, 3.63) is 30.1 Å². The van der Waals surface area contributed by atoms with Crippen molar-refractivity contribution in [1.82, 2.24) is 9.88 Å². The predicted octanol–water partition coefficient (Wildman–Crippen LogP) is 2.93. The lowest BCUT2D eigenvalue weighted by molar-refractivity contribution is -0.270. The van der Waals surface area contributed by atoms with Crippen molar-refractivity contribution in [1.29, 1.82) is 0 Å². The van der Waals surface area contributed by atoms with Crippen LogP contribution in [-0.2, 0) is 9.47 Å². The quantitative estimate of drug-likeness (QED) is 0.758. The van der Waals surface area contributed by atoms with Crippen LogP contribution < -0.4 is 5.73 Å². The third-order valence-corrected chi connectivity index (χ3v) is 4.38. The number of nitrogens with zero attached hydrogens (tertiary/aromatic N) is 2. The van der Waals surface area contributed by atoms with Gasteiger partial charge in [-0.2, -0.15) is 0 Å². The molecule has 0 amide bonds. The molecule has 1 saturated heterocycles. The number of pyridine rings is 1. The van der Waals surface area contributed by atoms with Gasteiger partial charge in [0.15, 0.2) is 0 Å². The molecule has 2 heterocycles. The Balaban J connectivity index is 1.85. The fourth-order valence-electron chi connectivity index (χ4n) is 2.82. The maximum absolute atomic E-state index is 6.34. The number of nitrogens with two attached hydrogens (primary N) is 1. The fourth-order valence-corrected chi connectivity index (χ4v) is 2.82. The molecule has 5 nitrogen and oxygen atoms in total. The molecule has 0 aromatic carbocycles. The Bertz CT molecular complexity index is 414. The summed E-state index contributed by atoms with van der Waals surface area (Å²) in [4.78, 5) is 6.46. The molecule has 1 fully saturated rings. The molecule has 1 aliphatic rings. The second-order valence-electron chi connectivity index (χ2n) is 6.29. The number of rotatable bonds is 9. The SMILES string of the molecule is CCCCN(CCCC)C1OCC(C(N)c2cccnc2)CO1. The van der Waals surface area contributed by atoms with Crippen LogP contribution in [0.3, 0.4) is 0 Å². The topological polar surface area (TPSA) is 60.6 Å². The van der Waals surface area contributed by atoms with Crippen molar-refractivity contribution in [2.24, 2.45) is 11.7 Å². The highest BCUT2D eigenvalue weighted by atomic mass is 16.7. The molecule has 0 spiro atoms. The molecular weight excluding hydrogens is 290 g/mol. The summed E-state index contributed by atoms with van der Waals surface area (Å²) in [6.45, 7) is 7.75. The third-order valence-electron chi connectivity index (χ3n) is 4.38. The molecule has 0 bridgehead atoms. The van der Waals surface area contributed by atoms with Gasteiger partial charge in [-0.25, -0.2) is 0 Å². The molecule has 2 rings (SSSR count). The first-order valence-corrected chi connectivity index (χ1v) is 8.89. The van der Waals surface area contributed by atoms with Gasteiger partial charge in [-0.05, 0) is 24.5 Å². The lowest BCUT2D eigenvalue weighted by Gasteiger charge is -2.38. The van der Waals surface area contributed by atoms with Crippen LogP contribution in [0.4, 0.5) is 0 Å². The summed E-state index contributed by atoms with van der Waals surface area (Å²) < 4.78 is 12.0. The second-order valence-corrected chi connectivity index (χ2v) is 6.29. The molecule has 23 heavy (non-hydrogen) atoms. The maximum Gasteiger partial charge on any atom is 0.218 e. The van der Waals surface area contributed by atoms with E-state index in [2.05, 4.69) is 23.7 Å². The molecule has 0 radical (unpaired) electrons. The minimum absolute atomic E-state index is 0.0932. The second kappa shape index (κ2) is 9.98. The van der Waals surface area contributed by atoms with E-state index < -0.39 is 0 Å². The van der Waals surface area contributed by atoms with Crippen molar-refractivity contribution < 1.29 is 9.47 Å². The number of unbranched alkanes of at least 4 members (excludes halogenated alkanes) is 2. The van der Waals surface area contributed by atoms with Crippen molar-refractivity contribution in [3.8, 4) is 0 Å². The molecule has 1 unspecified atom stereocenters. The van der Waals surface area contributed by atoms with E-state index in [1.807, 2.05) is 18.3 Å². The van der Waals surface area contributed by atoms with Crippen LogP contribution in [0.2, 0.25) is 0 Å². The van der Waals surface area contributed by atoms with Crippen molar-refractivity contribution in [2.75, 3.05) is 26.3 Å². The number of hydrogen-bond donors (Lipinski definition) is 1. The van der Waals surface area contributed by atoms with Gasteiger partial charge < -0.3 is 15.2 Å². The minimum Gasteiger partial charge on any atom is -0.339 e. The summed E-state index contributed by atoms with van der Waals surface area (Å²) in [6.07, 6.45) is 8.08. The molecule has 5 heteroatoms. The summed E-state index contributed by atoms with van der Waals surface area (Å²) >= 11 is 0. The zero-order valence-electron chi connectivity index (χ0n) is 14.5. The average Bonchev–Trinajstić information content (AvgIpc) is 2.62. The molecular formula is C18H31N3O2. The highest BCUT2D eigenvalue weighted by Gasteiger charge is 2.30. The zero-order valence-corrected chi connectivity index (χ0v) is 14.5. The number of hydrogen-bond acceptors (Lipinski definition) is 5. The first-order chi connectivity index (χ1) is 11.3. The highest BCUT2D eigenvalue weighted by Crippen LogP contribution is 2.25. The van der Waals surface area contributed by atoms with Gasteiger partial charge in [0.25, 0.3) is 0 Å². The van der Waals surface area contributed by atoms with Crippen LogP contribution in [-0.4, -0.2) is 42.6 Å². The molecule has 1 atom stereocenters. The standard InChI is InChI=1S/C18H31N3O2/c1-3-5-10-21(11-6-4-2)18-22-13-16(14-23-18)17(19)15-8-7-9-20-12-15/h7-9,12,16-18H,3-6,10-11,13-14,19H2,1-2H3. The maximum atomic E-state index is 6.34. The van der Waals surface area contributed by atoms with E-state index in [-0.39, 0.29) is 18.4 Å². The minimum atomic E-state index is -0.217. The molecule has 130 valence electrons. The van der Waals surface area contributed by atoms with Gasteiger partial charge in [-0.15, -0.1) is 0 Å². The van der Waals surface area contributed by atoms with Crippen LogP contribution in [0.25, 0.3) is 0 Å². The van der Waals surface area contributed by atoms with Gasteiger partial charge in [0.05, 0.1) is 13.2 Å². The van der Waals surface area contributed by atoms with Crippen LogP contribution >= 0.6 is 0 Å². The Labute approximate surface area is 140 Å². The van der Waals surface area contributed by atoms with Gasteiger partial charge in [0.2, 0.25) is 6.41 Å². The van der Waals surface area contributed by atoms with Crippen molar-refractivity contribution in [3.63, 3.8) is 0 Å². The van der Waals surface area contributed by atoms with Crippen LogP contribution in [0.15, 0.2) is 24.5 Å². The Kier molecular flexibility index (Phi) is 7.95. The first-order valence-electron chi connectivity index (χ1n) is 8.89. The largest absolute Gasteiger partial charge is 0.339 e. The normalized spacial score (nSPS) is 23.1. The molecule has 0 saturated carbocycles. The summed E-state index contributed by atoms with van der Waals surface area (Å²) in [6, 6.07) is 3.84. The Morgan fingerprint density at radius 3 is 2.39 bits per heavy atom. The first kappa shape index (κ1) is 18.3. The fraction of sp³-hybridized carbons (Fsp3) is 0.722. The summed E-state index contributed by atoms with van der Waals surface area (Å²) in [5.41, 5.74) is 7.38. The van der Waals surface area contributed by atoms with Crippen LogP contribution in [0, 0.1) is 5.92 Å². The molecule has 0 aliphatic carbocycles. The highest BCUT2D eigenvalue weighted by molar-refractivity contribution is 5.14. The summed E-state index contributed by atoms with van der Waals surface area (Å²) in [5.74, 6) is 0.176. The Morgan fingerprint density at radius 2 is 1.87 bits per heavy atom. The van der Waals surface area contributed by atoms with Crippen molar-refractivity contribution >= 4 is 0 Å². The van der Waals surface area contributed by atoms with Gasteiger partial charge in [0, 0.05) is 37.4 Å². The van der Waals surface area contributed by atoms with Crippen LogP contribution in [0.1, 0.15) is 51.1 Å². The van der Waals surface area contributed by atoms with Gasteiger partial charge >= 0.3 is 0 Å². The van der Waals surface area contributed by atoms with Crippen LogP contribution in [0.5, 0.6) is 0 Å². The number of aromatic nitrogens is 1. The lowest BCUT2D eigenvalue weighted by atomic mass is 9.96. The summed E-state index contributed by atoms with van der Waals surface area (Å²) in [7, 11) is 0. The Hall–Kier alpha value is -1.01. The van der Waals surface area contributed by atoms with Gasteiger partial charge in [-0.1, -0.05) is 32.8 Å². The lowest BCUT2D eigenvalue weighted by Crippen LogP contribution is -2.47. The third kappa shape index (κ3) is 5.53. The van der Waals surface area contributed by atoms with E-state index in [1.165, 1.54) is 25.7 Å². The smallest absolute Gasteiger partial charge is 0.218 e. The molecule has 1 aromatic heterocycles. The Morgan fingerprint density at radius 1 is 1.22 bits per heavy atom. The average molecular weight is 321 g/mol. The molecule has 1 aromatic rings. The monoisotopic (exact) mass is 321 g/mol. The van der Waals surface area contributed by atoms with E-state index in [9.17, 15) is 0 Å². The predicted molar refractivity (Wildman–Crippen MR) is 91.7 cm³/mol. The van der Waals surface area contributed by atoms with E-state index in [1.54, 1.807) is 6.20 Å². The summed E-state index contributed by atoms with van der Waals surface area (Å²) in [5, 5.41) is 0. The molecule has 1 aliphatic heterocycles. The van der Waals surface area contributed by atoms with E-state index in [0.717, 1.165) is 18.7 Å².